The molecule has 5 rings (SSSR count). The Morgan fingerprint density at radius 2 is 1.82 bits per heavy atom. The summed E-state index contributed by atoms with van der Waals surface area (Å²) in [6, 6.07) is 4.30. The number of alkyl halides is 3. The molecule has 0 aliphatic carbocycles. The number of hydrogen-bond donors (Lipinski definition) is 2. The van der Waals surface area contributed by atoms with Crippen molar-refractivity contribution in [2.75, 3.05) is 37.0 Å². The molecule has 2 aliphatic heterocycles. The Bertz CT molecular complexity index is 1480. The van der Waals surface area contributed by atoms with Gasteiger partial charge in [0.2, 0.25) is 0 Å². The van der Waals surface area contributed by atoms with Gasteiger partial charge < -0.3 is 19.5 Å². The molecule has 0 bridgehead atoms. The normalized spacial score (nSPS) is 18.2. The summed E-state index contributed by atoms with van der Waals surface area (Å²) in [5.41, 5.74) is 0.829. The number of carboxylic acids is 1. The molecular formula is C29H33F3N6O5S. The Labute approximate surface area is 256 Å². The number of methoxy groups -OCH3 is 1. The smallest absolute Gasteiger partial charge is 0.497 e. The van der Waals surface area contributed by atoms with Gasteiger partial charge in [-0.25, -0.2) is 15.0 Å². The van der Waals surface area contributed by atoms with E-state index < -0.39 is 24.0 Å². The van der Waals surface area contributed by atoms with Crippen LogP contribution in [0.15, 0.2) is 30.6 Å². The second-order valence-electron chi connectivity index (χ2n) is 10.9. The highest BCUT2D eigenvalue weighted by Gasteiger charge is 2.32. The number of carboxylic acid groups (broad SMARTS) is 1. The molecular weight excluding hydrogens is 601 g/mol. The highest BCUT2D eigenvalue weighted by Crippen LogP contribution is 2.38. The van der Waals surface area contributed by atoms with Crippen molar-refractivity contribution < 1.29 is 37.3 Å². The molecule has 2 N–H and O–H groups in total. The number of nitrogens with one attached hydrogen (secondary N) is 1. The van der Waals surface area contributed by atoms with Crippen LogP contribution in [0.4, 0.5) is 24.1 Å². The first kappa shape index (κ1) is 31.4. The van der Waals surface area contributed by atoms with E-state index in [0.717, 1.165) is 36.8 Å². The maximum atomic E-state index is 13.1. The number of ether oxygens (including phenoxy) is 2. The number of benzene rings is 1. The number of aliphatic carboxylic acids is 1. The highest BCUT2D eigenvalue weighted by molar-refractivity contribution is 7.16. The number of anilines is 2. The quantitative estimate of drug-likeness (QED) is 0.314. The molecule has 2 aromatic heterocycles. The standard InChI is InChI=1S/C29H33F3N6O5S/c1-17-5-3-4-8-38(17)16-23-25(19-11-20(42-2)13-21(12-19)43-29(30,31)32)35-28(44-23)36-26(39)22-14-34-24(15-33-22)37-9-6-18(7-10-37)27(40)41/h11-15,17-18H,3-10,16H2,1-2H3,(H,40,41)(H,35,36,39). The Morgan fingerprint density at radius 1 is 1.07 bits per heavy atom. The van der Waals surface area contributed by atoms with Crippen molar-refractivity contribution in [3.8, 4) is 22.8 Å². The van der Waals surface area contributed by atoms with E-state index in [4.69, 9.17) is 4.74 Å². The average molecular weight is 635 g/mol. The van der Waals surface area contributed by atoms with Gasteiger partial charge >= 0.3 is 12.3 Å². The number of amides is 1. The summed E-state index contributed by atoms with van der Waals surface area (Å²) in [6.45, 7) is 4.56. The SMILES string of the molecule is COc1cc(OC(F)(F)F)cc(-c2nc(NC(=O)c3cnc(N4CCC(C(=O)O)CC4)cn3)sc2CN2CCCCC2C)c1. The summed E-state index contributed by atoms with van der Waals surface area (Å²) >= 11 is 1.24. The molecule has 0 spiro atoms. The van der Waals surface area contributed by atoms with Crippen LogP contribution in [0.5, 0.6) is 11.5 Å². The van der Waals surface area contributed by atoms with Crippen LogP contribution in [-0.4, -0.2) is 76.0 Å². The van der Waals surface area contributed by atoms with Gasteiger partial charge in [-0.2, -0.15) is 0 Å². The van der Waals surface area contributed by atoms with Gasteiger partial charge in [0.05, 0.1) is 31.1 Å². The molecule has 1 aromatic carbocycles. The molecule has 2 saturated heterocycles. The minimum atomic E-state index is -4.89. The van der Waals surface area contributed by atoms with Gasteiger partial charge in [-0.05, 0) is 51.3 Å². The fourth-order valence-electron chi connectivity index (χ4n) is 5.45. The second kappa shape index (κ2) is 13.3. The molecule has 4 heterocycles. The van der Waals surface area contributed by atoms with E-state index in [1.165, 1.54) is 36.9 Å². The largest absolute Gasteiger partial charge is 0.573 e. The number of carbonyl (C=O) groups is 2. The van der Waals surface area contributed by atoms with E-state index in [0.29, 0.717) is 55.6 Å². The van der Waals surface area contributed by atoms with Crippen LogP contribution in [0.3, 0.4) is 0 Å². The Kier molecular flexibility index (Phi) is 9.53. The zero-order valence-corrected chi connectivity index (χ0v) is 25.1. The van der Waals surface area contributed by atoms with Crippen molar-refractivity contribution in [3.05, 3.63) is 41.2 Å². The Morgan fingerprint density at radius 3 is 2.45 bits per heavy atom. The van der Waals surface area contributed by atoms with Gasteiger partial charge in [-0.3, -0.25) is 19.8 Å². The number of rotatable bonds is 9. The zero-order chi connectivity index (χ0) is 31.4. The van der Waals surface area contributed by atoms with Crippen molar-refractivity contribution in [2.24, 2.45) is 5.92 Å². The van der Waals surface area contributed by atoms with Crippen LogP contribution in [0.25, 0.3) is 11.3 Å². The van der Waals surface area contributed by atoms with Crippen molar-refractivity contribution in [1.82, 2.24) is 19.9 Å². The van der Waals surface area contributed by atoms with E-state index in [1.54, 1.807) is 6.07 Å². The monoisotopic (exact) mass is 634 g/mol. The first-order valence-corrected chi connectivity index (χ1v) is 15.1. The summed E-state index contributed by atoms with van der Waals surface area (Å²) in [5.74, 6) is -1.45. The molecule has 44 heavy (non-hydrogen) atoms. The zero-order valence-electron chi connectivity index (χ0n) is 24.3. The van der Waals surface area contributed by atoms with Gasteiger partial charge in [0.25, 0.3) is 5.91 Å². The van der Waals surface area contributed by atoms with Crippen LogP contribution < -0.4 is 19.7 Å². The molecule has 1 atom stereocenters. The lowest BCUT2D eigenvalue weighted by molar-refractivity contribution is -0.274. The number of halogens is 3. The molecule has 15 heteroatoms. The molecule has 0 saturated carbocycles. The van der Waals surface area contributed by atoms with E-state index in [1.807, 2.05) is 4.90 Å². The fraction of sp³-hybridized carbons (Fsp3) is 0.483. The molecule has 236 valence electrons. The number of carbonyl (C=O) groups excluding carboxylic acids is 1. The summed E-state index contributed by atoms with van der Waals surface area (Å²) < 4.78 is 48.6. The van der Waals surface area contributed by atoms with Crippen LogP contribution in [0.1, 0.15) is 54.4 Å². The van der Waals surface area contributed by atoms with Crippen LogP contribution in [0.2, 0.25) is 0 Å². The number of piperidine rings is 2. The number of likely N-dealkylation sites (tertiary alicyclic amines) is 1. The van der Waals surface area contributed by atoms with Gasteiger partial charge in [0.1, 0.15) is 23.0 Å². The fourth-order valence-corrected chi connectivity index (χ4v) is 6.46. The van der Waals surface area contributed by atoms with Gasteiger partial charge in [0, 0.05) is 42.2 Å². The summed E-state index contributed by atoms with van der Waals surface area (Å²) in [7, 11) is 1.35. The number of hydrogen-bond acceptors (Lipinski definition) is 10. The van der Waals surface area contributed by atoms with Crippen LogP contribution in [-0.2, 0) is 11.3 Å². The molecule has 1 unspecified atom stereocenters. The topological polar surface area (TPSA) is 130 Å². The number of nitrogens with zero attached hydrogens (tertiary/aromatic N) is 5. The minimum absolute atomic E-state index is 0.0550. The third-order valence-corrected chi connectivity index (χ3v) is 8.82. The summed E-state index contributed by atoms with van der Waals surface area (Å²) in [6.07, 6.45) is 2.14. The molecule has 2 aliphatic rings. The molecule has 11 nitrogen and oxygen atoms in total. The molecule has 0 radical (unpaired) electrons. The van der Waals surface area contributed by atoms with Crippen LogP contribution >= 0.6 is 11.3 Å². The van der Waals surface area contributed by atoms with E-state index in [-0.39, 0.29) is 22.5 Å². The maximum Gasteiger partial charge on any atom is 0.573 e. The highest BCUT2D eigenvalue weighted by atomic mass is 32.1. The maximum absolute atomic E-state index is 13.1. The van der Waals surface area contributed by atoms with Crippen molar-refractivity contribution in [3.63, 3.8) is 0 Å². The van der Waals surface area contributed by atoms with Crippen molar-refractivity contribution >= 4 is 34.2 Å². The molecule has 2 fully saturated rings. The van der Waals surface area contributed by atoms with E-state index >= 15 is 0 Å². The summed E-state index contributed by atoms with van der Waals surface area (Å²) in [4.78, 5) is 42.6. The number of aromatic nitrogens is 3. The summed E-state index contributed by atoms with van der Waals surface area (Å²) in [5, 5.41) is 12.2. The lowest BCUT2D eigenvalue weighted by atomic mass is 9.97. The van der Waals surface area contributed by atoms with Gasteiger partial charge in [0.15, 0.2) is 5.13 Å². The van der Waals surface area contributed by atoms with Gasteiger partial charge in [-0.15, -0.1) is 13.2 Å². The Balaban J connectivity index is 1.38. The average Bonchev–Trinajstić information content (AvgIpc) is 3.39. The molecule has 1 amide bonds. The Hall–Kier alpha value is -3.98. The lowest BCUT2D eigenvalue weighted by Gasteiger charge is -2.33. The molecule has 3 aromatic rings. The van der Waals surface area contributed by atoms with Crippen LogP contribution in [0, 0.1) is 5.92 Å². The third-order valence-electron chi connectivity index (χ3n) is 7.87. The van der Waals surface area contributed by atoms with Crippen molar-refractivity contribution in [1.29, 1.82) is 0 Å². The third kappa shape index (κ3) is 7.75. The minimum Gasteiger partial charge on any atom is -0.497 e. The van der Waals surface area contributed by atoms with Crippen molar-refractivity contribution in [2.45, 2.75) is 58.0 Å². The second-order valence-corrected chi connectivity index (χ2v) is 11.9. The lowest BCUT2D eigenvalue weighted by Crippen LogP contribution is -2.36. The predicted molar refractivity (Wildman–Crippen MR) is 157 cm³/mol. The predicted octanol–water partition coefficient (Wildman–Crippen LogP) is 5.44. The van der Waals surface area contributed by atoms with E-state index in [9.17, 15) is 27.9 Å². The first-order chi connectivity index (χ1) is 21.0. The van der Waals surface area contributed by atoms with E-state index in [2.05, 4.69) is 36.8 Å². The van der Waals surface area contributed by atoms with Gasteiger partial charge in [-0.1, -0.05) is 17.8 Å². The first-order valence-electron chi connectivity index (χ1n) is 14.3. The number of thiazole rings is 1.